The van der Waals surface area contributed by atoms with Crippen LogP contribution in [0.2, 0.25) is 0 Å². The molecule has 5 heteroatoms. The van der Waals surface area contributed by atoms with Crippen molar-refractivity contribution in [3.05, 3.63) is 35.4 Å². The van der Waals surface area contributed by atoms with E-state index in [9.17, 15) is 18.3 Å². The molecule has 0 heterocycles. The van der Waals surface area contributed by atoms with E-state index in [0.717, 1.165) is 31.0 Å². The first kappa shape index (κ1) is 15.3. The molecule has 0 saturated heterocycles. The van der Waals surface area contributed by atoms with E-state index in [1.807, 2.05) is 0 Å². The average molecular weight is 287 g/mol. The summed E-state index contributed by atoms with van der Waals surface area (Å²) in [5.41, 5.74) is -0.417. The van der Waals surface area contributed by atoms with Gasteiger partial charge in [0, 0.05) is 6.54 Å². The van der Waals surface area contributed by atoms with Gasteiger partial charge in [-0.3, -0.25) is 0 Å². The molecule has 1 aromatic rings. The van der Waals surface area contributed by atoms with Crippen molar-refractivity contribution in [2.75, 3.05) is 13.1 Å². The van der Waals surface area contributed by atoms with Crippen LogP contribution in [-0.4, -0.2) is 18.2 Å². The monoisotopic (exact) mass is 287 g/mol. The molecule has 0 spiro atoms. The standard InChI is InChI=1S/C15H20F3NO/c16-15(17,18)13-6-2-5-12(9-13)14(20)10-19-8-7-11-3-1-4-11/h2,5-6,9,11,14,19-20H,1,3-4,7-8,10H2. The van der Waals surface area contributed by atoms with E-state index >= 15 is 0 Å². The van der Waals surface area contributed by atoms with Crippen LogP contribution in [0.15, 0.2) is 24.3 Å². The van der Waals surface area contributed by atoms with Gasteiger partial charge in [0.05, 0.1) is 11.7 Å². The minimum Gasteiger partial charge on any atom is -0.387 e. The molecule has 1 aliphatic rings. The molecule has 112 valence electrons. The molecule has 1 atom stereocenters. The van der Waals surface area contributed by atoms with Crippen LogP contribution in [0.3, 0.4) is 0 Å². The maximum absolute atomic E-state index is 12.6. The second kappa shape index (κ2) is 6.59. The number of hydrogen-bond donors (Lipinski definition) is 2. The lowest BCUT2D eigenvalue weighted by atomic mass is 9.83. The summed E-state index contributed by atoms with van der Waals surface area (Å²) in [7, 11) is 0. The fourth-order valence-corrected chi connectivity index (χ4v) is 2.37. The number of benzene rings is 1. The summed E-state index contributed by atoms with van der Waals surface area (Å²) in [4.78, 5) is 0. The third-order valence-corrected chi connectivity index (χ3v) is 3.89. The molecule has 20 heavy (non-hydrogen) atoms. The van der Waals surface area contributed by atoms with Crippen molar-refractivity contribution < 1.29 is 18.3 Å². The van der Waals surface area contributed by atoms with E-state index in [1.54, 1.807) is 0 Å². The summed E-state index contributed by atoms with van der Waals surface area (Å²) < 4.78 is 37.7. The van der Waals surface area contributed by atoms with Crippen molar-refractivity contribution in [1.29, 1.82) is 0 Å². The van der Waals surface area contributed by atoms with E-state index in [4.69, 9.17) is 0 Å². The maximum atomic E-state index is 12.6. The molecule has 0 bridgehead atoms. The number of alkyl halides is 3. The predicted molar refractivity (Wildman–Crippen MR) is 71.2 cm³/mol. The van der Waals surface area contributed by atoms with E-state index in [2.05, 4.69) is 5.32 Å². The minimum absolute atomic E-state index is 0.286. The van der Waals surface area contributed by atoms with Crippen molar-refractivity contribution in [3.8, 4) is 0 Å². The third-order valence-electron chi connectivity index (χ3n) is 3.89. The average Bonchev–Trinajstić information content (AvgIpc) is 2.35. The third kappa shape index (κ3) is 4.21. The Morgan fingerprint density at radius 1 is 1.30 bits per heavy atom. The van der Waals surface area contributed by atoms with Crippen LogP contribution in [0.4, 0.5) is 13.2 Å². The Kier molecular flexibility index (Phi) is 5.05. The number of aliphatic hydroxyl groups is 1. The molecule has 0 radical (unpaired) electrons. The second-order valence-electron chi connectivity index (χ2n) is 5.43. The number of nitrogens with one attached hydrogen (secondary N) is 1. The van der Waals surface area contributed by atoms with E-state index in [-0.39, 0.29) is 6.54 Å². The highest BCUT2D eigenvalue weighted by atomic mass is 19.4. The highest BCUT2D eigenvalue weighted by molar-refractivity contribution is 5.27. The lowest BCUT2D eigenvalue weighted by Gasteiger charge is -2.25. The topological polar surface area (TPSA) is 32.3 Å². The Morgan fingerprint density at radius 3 is 2.65 bits per heavy atom. The Morgan fingerprint density at radius 2 is 2.05 bits per heavy atom. The zero-order valence-electron chi connectivity index (χ0n) is 11.3. The smallest absolute Gasteiger partial charge is 0.387 e. The first-order valence-electron chi connectivity index (χ1n) is 7.03. The summed E-state index contributed by atoms with van der Waals surface area (Å²) in [5.74, 6) is 0.785. The van der Waals surface area contributed by atoms with Gasteiger partial charge < -0.3 is 10.4 Å². The summed E-state index contributed by atoms with van der Waals surface area (Å²) in [5, 5.41) is 13.0. The zero-order chi connectivity index (χ0) is 14.6. The lowest BCUT2D eigenvalue weighted by molar-refractivity contribution is -0.137. The molecule has 1 unspecified atom stereocenters. The predicted octanol–water partition coefficient (Wildman–Crippen LogP) is 3.52. The summed E-state index contributed by atoms with van der Waals surface area (Å²) in [6.45, 7) is 1.09. The highest BCUT2D eigenvalue weighted by Crippen LogP contribution is 2.31. The molecule has 2 N–H and O–H groups in total. The summed E-state index contributed by atoms with van der Waals surface area (Å²) in [6.07, 6.45) is -0.339. The van der Waals surface area contributed by atoms with Crippen LogP contribution in [0, 0.1) is 5.92 Å². The maximum Gasteiger partial charge on any atom is 0.416 e. The van der Waals surface area contributed by atoms with Crippen LogP contribution < -0.4 is 5.32 Å². The zero-order valence-corrected chi connectivity index (χ0v) is 11.3. The van der Waals surface area contributed by atoms with E-state index < -0.39 is 17.8 Å². The van der Waals surface area contributed by atoms with Gasteiger partial charge in [0.2, 0.25) is 0 Å². The number of hydrogen-bond acceptors (Lipinski definition) is 2. The number of aliphatic hydroxyl groups excluding tert-OH is 1. The quantitative estimate of drug-likeness (QED) is 0.785. The van der Waals surface area contributed by atoms with Crippen molar-refractivity contribution in [2.45, 2.75) is 38.0 Å². The van der Waals surface area contributed by atoms with E-state index in [0.29, 0.717) is 5.56 Å². The van der Waals surface area contributed by atoms with Crippen molar-refractivity contribution in [1.82, 2.24) is 5.32 Å². The van der Waals surface area contributed by atoms with Gasteiger partial charge in [-0.15, -0.1) is 0 Å². The van der Waals surface area contributed by atoms with Crippen LogP contribution >= 0.6 is 0 Å². The molecule has 0 amide bonds. The molecule has 0 aliphatic heterocycles. The van der Waals surface area contributed by atoms with Gasteiger partial charge in [-0.05, 0) is 36.6 Å². The van der Waals surface area contributed by atoms with Gasteiger partial charge in [-0.25, -0.2) is 0 Å². The normalized spacial score (nSPS) is 17.8. The number of halogens is 3. The van der Waals surface area contributed by atoms with Crippen molar-refractivity contribution >= 4 is 0 Å². The largest absolute Gasteiger partial charge is 0.416 e. The van der Waals surface area contributed by atoms with Gasteiger partial charge in [0.1, 0.15) is 0 Å². The van der Waals surface area contributed by atoms with Crippen LogP contribution in [0.1, 0.15) is 42.9 Å². The molecular weight excluding hydrogens is 267 g/mol. The highest BCUT2D eigenvalue weighted by Gasteiger charge is 2.30. The molecule has 2 rings (SSSR count). The fraction of sp³-hybridized carbons (Fsp3) is 0.600. The van der Waals surface area contributed by atoms with Gasteiger partial charge in [0.15, 0.2) is 0 Å². The van der Waals surface area contributed by atoms with Crippen LogP contribution in [0.25, 0.3) is 0 Å². The fourth-order valence-electron chi connectivity index (χ4n) is 2.37. The Labute approximate surface area is 117 Å². The van der Waals surface area contributed by atoms with Crippen LogP contribution in [0.5, 0.6) is 0 Å². The lowest BCUT2D eigenvalue weighted by Crippen LogP contribution is -2.25. The van der Waals surface area contributed by atoms with Gasteiger partial charge in [-0.2, -0.15) is 13.2 Å². The molecule has 0 aromatic heterocycles. The first-order valence-corrected chi connectivity index (χ1v) is 7.03. The molecule has 1 aliphatic carbocycles. The van der Waals surface area contributed by atoms with Crippen molar-refractivity contribution in [2.24, 2.45) is 5.92 Å². The molecule has 2 nitrogen and oxygen atoms in total. The summed E-state index contributed by atoms with van der Waals surface area (Å²) in [6, 6.07) is 4.88. The van der Waals surface area contributed by atoms with Crippen molar-refractivity contribution in [3.63, 3.8) is 0 Å². The Hall–Kier alpha value is -1.07. The van der Waals surface area contributed by atoms with E-state index in [1.165, 1.54) is 31.4 Å². The summed E-state index contributed by atoms with van der Waals surface area (Å²) >= 11 is 0. The molecular formula is C15H20F3NO. The molecule has 1 aromatic carbocycles. The first-order chi connectivity index (χ1) is 9.47. The Balaban J connectivity index is 1.80. The van der Waals surface area contributed by atoms with Gasteiger partial charge in [0.25, 0.3) is 0 Å². The van der Waals surface area contributed by atoms with Gasteiger partial charge in [-0.1, -0.05) is 31.4 Å². The van der Waals surface area contributed by atoms with Crippen LogP contribution in [-0.2, 0) is 6.18 Å². The molecule has 1 saturated carbocycles. The number of rotatable bonds is 6. The minimum atomic E-state index is -4.37. The SMILES string of the molecule is OC(CNCCC1CCC1)c1cccc(C(F)(F)F)c1. The Bertz CT molecular complexity index is 429. The molecule has 1 fully saturated rings. The second-order valence-corrected chi connectivity index (χ2v) is 5.43. The van der Waals surface area contributed by atoms with Gasteiger partial charge >= 0.3 is 6.18 Å².